The minimum Gasteiger partial charge on any atom is -0.364 e. The van der Waals surface area contributed by atoms with Gasteiger partial charge in [-0.1, -0.05) is 12.1 Å². The van der Waals surface area contributed by atoms with Gasteiger partial charge in [0, 0.05) is 38.4 Å². The van der Waals surface area contributed by atoms with Crippen molar-refractivity contribution in [3.8, 4) is 0 Å². The van der Waals surface area contributed by atoms with E-state index in [1.807, 2.05) is 54.0 Å². The number of benzene rings is 1. The van der Waals surface area contributed by atoms with Gasteiger partial charge in [-0.2, -0.15) is 0 Å². The number of aryl methyl sites for hydroxylation is 2. The van der Waals surface area contributed by atoms with E-state index >= 15 is 0 Å². The molecule has 1 aliphatic heterocycles. The summed E-state index contributed by atoms with van der Waals surface area (Å²) in [6, 6.07) is 6.03. The molecule has 0 radical (unpaired) electrons. The van der Waals surface area contributed by atoms with Crippen molar-refractivity contribution in [2.45, 2.75) is 32.3 Å². The molecule has 0 unspecified atom stereocenters. The molecule has 0 spiro atoms. The third-order valence-corrected chi connectivity index (χ3v) is 5.23. The molecule has 1 aromatic carbocycles. The van der Waals surface area contributed by atoms with Gasteiger partial charge >= 0.3 is 0 Å². The Morgan fingerprint density at radius 2 is 2.30 bits per heavy atom. The average Bonchev–Trinajstić information content (AvgIpc) is 3.28. The van der Waals surface area contributed by atoms with Crippen LogP contribution in [0.1, 0.15) is 36.0 Å². The quantitative estimate of drug-likeness (QED) is 0.752. The number of hydrogen-bond donors (Lipinski definition) is 1. The number of para-hydroxylation sites is 1. The Morgan fingerprint density at radius 3 is 3.07 bits per heavy atom. The van der Waals surface area contributed by atoms with Gasteiger partial charge in [-0.3, -0.25) is 4.79 Å². The summed E-state index contributed by atoms with van der Waals surface area (Å²) in [6.07, 6.45) is 5.82. The summed E-state index contributed by atoms with van der Waals surface area (Å²) in [5.41, 5.74) is 3.07. The van der Waals surface area contributed by atoms with E-state index in [1.165, 1.54) is 0 Å². The molecule has 3 heterocycles. The number of imidazole rings is 2. The Bertz CT molecular complexity index is 945. The Kier molecular flexibility index (Phi) is 4.94. The second-order valence-electron chi connectivity index (χ2n) is 7.22. The van der Waals surface area contributed by atoms with E-state index in [-0.39, 0.29) is 12.5 Å². The van der Waals surface area contributed by atoms with Crippen molar-refractivity contribution in [3.05, 3.63) is 47.8 Å². The SMILES string of the molecule is Cc1cccc2[nH]c(COCC(=O)N3CCC[C@@H](c4nccn4C)C3)nc12. The monoisotopic (exact) mass is 367 g/mol. The van der Waals surface area contributed by atoms with Crippen LogP contribution in [0.5, 0.6) is 0 Å². The fraction of sp³-hybridized carbons (Fsp3) is 0.450. The number of rotatable bonds is 5. The molecule has 1 aliphatic rings. The lowest BCUT2D eigenvalue weighted by Crippen LogP contribution is -2.41. The van der Waals surface area contributed by atoms with Crippen LogP contribution in [0.4, 0.5) is 0 Å². The molecule has 0 aliphatic carbocycles. The van der Waals surface area contributed by atoms with Crippen molar-refractivity contribution in [2.24, 2.45) is 7.05 Å². The lowest BCUT2D eigenvalue weighted by Gasteiger charge is -2.32. The van der Waals surface area contributed by atoms with Crippen LogP contribution in [0.3, 0.4) is 0 Å². The first-order valence-corrected chi connectivity index (χ1v) is 9.39. The summed E-state index contributed by atoms with van der Waals surface area (Å²) >= 11 is 0. The van der Waals surface area contributed by atoms with Crippen LogP contribution < -0.4 is 0 Å². The number of carbonyl (C=O) groups excluding carboxylic acids is 1. The zero-order chi connectivity index (χ0) is 18.8. The topological polar surface area (TPSA) is 76.0 Å². The number of hydrogen-bond acceptors (Lipinski definition) is 4. The van der Waals surface area contributed by atoms with E-state index in [0.29, 0.717) is 19.1 Å². The third-order valence-electron chi connectivity index (χ3n) is 5.23. The number of H-pyrrole nitrogens is 1. The molecule has 7 nitrogen and oxygen atoms in total. The van der Waals surface area contributed by atoms with Gasteiger partial charge in [-0.05, 0) is 31.4 Å². The lowest BCUT2D eigenvalue weighted by atomic mass is 9.97. The molecule has 7 heteroatoms. The number of piperidine rings is 1. The number of ether oxygens (including phenoxy) is 1. The molecule has 0 bridgehead atoms. The summed E-state index contributed by atoms with van der Waals surface area (Å²) in [5, 5.41) is 0. The van der Waals surface area contributed by atoms with Gasteiger partial charge < -0.3 is 19.2 Å². The first-order chi connectivity index (χ1) is 13.1. The molecule has 1 fully saturated rings. The van der Waals surface area contributed by atoms with Gasteiger partial charge in [0.1, 0.15) is 24.9 Å². The third kappa shape index (κ3) is 3.73. The van der Waals surface area contributed by atoms with E-state index in [4.69, 9.17) is 4.74 Å². The Balaban J connectivity index is 1.32. The van der Waals surface area contributed by atoms with Gasteiger partial charge in [-0.25, -0.2) is 9.97 Å². The molecular formula is C20H25N5O2. The fourth-order valence-corrected chi connectivity index (χ4v) is 3.81. The van der Waals surface area contributed by atoms with Crippen molar-refractivity contribution in [3.63, 3.8) is 0 Å². The van der Waals surface area contributed by atoms with Crippen molar-refractivity contribution in [1.82, 2.24) is 24.4 Å². The zero-order valence-corrected chi connectivity index (χ0v) is 15.8. The molecular weight excluding hydrogens is 342 g/mol. The Hall–Kier alpha value is -2.67. The smallest absolute Gasteiger partial charge is 0.248 e. The van der Waals surface area contributed by atoms with Crippen molar-refractivity contribution < 1.29 is 9.53 Å². The molecule has 142 valence electrons. The van der Waals surface area contributed by atoms with Crippen molar-refractivity contribution >= 4 is 16.9 Å². The molecule has 1 amide bonds. The molecule has 4 rings (SSSR count). The summed E-state index contributed by atoms with van der Waals surface area (Å²) in [4.78, 5) is 26.7. The summed E-state index contributed by atoms with van der Waals surface area (Å²) in [5.74, 6) is 2.12. The maximum absolute atomic E-state index is 12.6. The van der Waals surface area contributed by atoms with Crippen LogP contribution in [-0.2, 0) is 23.2 Å². The highest BCUT2D eigenvalue weighted by atomic mass is 16.5. The highest BCUT2D eigenvalue weighted by Crippen LogP contribution is 2.25. The van der Waals surface area contributed by atoms with E-state index in [9.17, 15) is 4.79 Å². The van der Waals surface area contributed by atoms with E-state index < -0.39 is 0 Å². The number of carbonyl (C=O) groups is 1. The number of nitrogens with zero attached hydrogens (tertiary/aromatic N) is 4. The summed E-state index contributed by atoms with van der Waals surface area (Å²) < 4.78 is 7.69. The van der Waals surface area contributed by atoms with Crippen LogP contribution in [0.2, 0.25) is 0 Å². The Morgan fingerprint density at radius 1 is 1.41 bits per heavy atom. The van der Waals surface area contributed by atoms with Crippen LogP contribution in [-0.4, -0.2) is 50.0 Å². The van der Waals surface area contributed by atoms with Crippen LogP contribution >= 0.6 is 0 Å². The van der Waals surface area contributed by atoms with E-state index in [0.717, 1.165) is 47.6 Å². The number of likely N-dealkylation sites (tertiary alicyclic amines) is 1. The van der Waals surface area contributed by atoms with Crippen molar-refractivity contribution in [2.75, 3.05) is 19.7 Å². The number of fused-ring (bicyclic) bond motifs is 1. The standard InChI is InChI=1S/C20H25N5O2/c1-14-5-3-7-16-19(14)23-17(22-16)12-27-13-18(26)25-9-4-6-15(11-25)20-21-8-10-24(20)2/h3,5,7-8,10,15H,4,6,9,11-13H2,1-2H3,(H,22,23)/t15-/m1/s1. The first-order valence-electron chi connectivity index (χ1n) is 9.39. The van der Waals surface area contributed by atoms with Gasteiger partial charge in [0.2, 0.25) is 5.91 Å². The maximum atomic E-state index is 12.6. The average molecular weight is 367 g/mol. The van der Waals surface area contributed by atoms with Crippen LogP contribution in [0.15, 0.2) is 30.6 Å². The number of aromatic nitrogens is 4. The zero-order valence-electron chi connectivity index (χ0n) is 15.8. The predicted octanol–water partition coefficient (Wildman–Crippen LogP) is 2.53. The highest BCUT2D eigenvalue weighted by Gasteiger charge is 2.26. The number of nitrogens with one attached hydrogen (secondary N) is 1. The summed E-state index contributed by atoms with van der Waals surface area (Å²) in [6.45, 7) is 3.90. The molecule has 0 saturated carbocycles. The second-order valence-corrected chi connectivity index (χ2v) is 7.22. The first kappa shape index (κ1) is 17.7. The van der Waals surface area contributed by atoms with Crippen LogP contribution in [0.25, 0.3) is 11.0 Å². The largest absolute Gasteiger partial charge is 0.364 e. The van der Waals surface area contributed by atoms with Gasteiger partial charge in [0.15, 0.2) is 0 Å². The maximum Gasteiger partial charge on any atom is 0.248 e. The number of amides is 1. The lowest BCUT2D eigenvalue weighted by molar-refractivity contribution is -0.137. The van der Waals surface area contributed by atoms with Gasteiger partial charge in [-0.15, -0.1) is 0 Å². The molecule has 3 aromatic rings. The van der Waals surface area contributed by atoms with E-state index in [2.05, 4.69) is 15.0 Å². The molecule has 2 aromatic heterocycles. The Labute approximate surface area is 158 Å². The molecule has 27 heavy (non-hydrogen) atoms. The van der Waals surface area contributed by atoms with Gasteiger partial charge in [0.05, 0.1) is 11.0 Å². The number of aromatic amines is 1. The predicted molar refractivity (Wildman–Crippen MR) is 102 cm³/mol. The molecule has 1 atom stereocenters. The van der Waals surface area contributed by atoms with Crippen molar-refractivity contribution in [1.29, 1.82) is 0 Å². The molecule has 1 N–H and O–H groups in total. The fourth-order valence-electron chi connectivity index (χ4n) is 3.81. The highest BCUT2D eigenvalue weighted by molar-refractivity contribution is 5.78. The molecule has 1 saturated heterocycles. The minimum atomic E-state index is 0.0289. The van der Waals surface area contributed by atoms with E-state index in [1.54, 1.807) is 0 Å². The second kappa shape index (κ2) is 7.52. The van der Waals surface area contributed by atoms with Crippen LogP contribution in [0, 0.1) is 6.92 Å². The minimum absolute atomic E-state index is 0.0289. The normalized spacial score (nSPS) is 17.6. The summed E-state index contributed by atoms with van der Waals surface area (Å²) in [7, 11) is 2.00. The van der Waals surface area contributed by atoms with Gasteiger partial charge in [0.25, 0.3) is 0 Å².